The van der Waals surface area contributed by atoms with Crippen molar-refractivity contribution in [3.05, 3.63) is 17.7 Å². The first-order valence-corrected chi connectivity index (χ1v) is 8.14. The number of nitrogens with one attached hydrogen (secondary N) is 1. The van der Waals surface area contributed by atoms with Crippen LogP contribution in [0.25, 0.3) is 0 Å². The van der Waals surface area contributed by atoms with Crippen LogP contribution in [0.1, 0.15) is 57.3 Å². The number of hydrogen-bond donors (Lipinski definition) is 2. The van der Waals surface area contributed by atoms with Crippen molar-refractivity contribution in [3.8, 4) is 0 Å². The molecule has 1 aliphatic rings. The summed E-state index contributed by atoms with van der Waals surface area (Å²) in [5.74, 6) is -0.737. The number of fused-ring (bicyclic) bond motifs is 1. The highest BCUT2D eigenvalue weighted by molar-refractivity contribution is 5.78. The molecular formula is C16H27N3O2. The average Bonchev–Trinajstić information content (AvgIpc) is 2.89. The average molecular weight is 293 g/mol. The van der Waals surface area contributed by atoms with Crippen molar-refractivity contribution in [2.24, 2.45) is 0 Å². The van der Waals surface area contributed by atoms with Gasteiger partial charge < -0.3 is 15.0 Å². The second-order valence-corrected chi connectivity index (χ2v) is 5.91. The van der Waals surface area contributed by atoms with Crippen LogP contribution in [0.3, 0.4) is 0 Å². The number of likely N-dealkylation sites (N-methyl/N-ethyl adjacent to an activating group) is 1. The molecule has 0 saturated heterocycles. The molecule has 1 aromatic rings. The number of carboxylic acid groups (broad SMARTS) is 1. The summed E-state index contributed by atoms with van der Waals surface area (Å²) in [5, 5.41) is 12.7. The first-order chi connectivity index (χ1) is 10.1. The van der Waals surface area contributed by atoms with Crippen LogP contribution in [0.4, 0.5) is 0 Å². The van der Waals surface area contributed by atoms with Crippen molar-refractivity contribution in [3.63, 3.8) is 0 Å². The third-order valence-corrected chi connectivity index (χ3v) is 4.64. The summed E-state index contributed by atoms with van der Waals surface area (Å²) in [6.45, 7) is 5.44. The summed E-state index contributed by atoms with van der Waals surface area (Å²) < 4.78 is 2.22. The molecule has 5 nitrogen and oxygen atoms in total. The van der Waals surface area contributed by atoms with E-state index < -0.39 is 11.5 Å². The molecule has 1 heterocycles. The molecule has 0 spiro atoms. The van der Waals surface area contributed by atoms with Crippen molar-refractivity contribution in [1.82, 2.24) is 14.9 Å². The predicted octanol–water partition coefficient (Wildman–Crippen LogP) is 2.38. The van der Waals surface area contributed by atoms with Crippen LogP contribution in [0, 0.1) is 0 Å². The maximum absolute atomic E-state index is 11.6. The van der Waals surface area contributed by atoms with E-state index in [9.17, 15) is 9.90 Å². The SMILES string of the molecule is CCNC(CC)(CCCn1cnc2c1CCCC2)C(=O)O. The Morgan fingerprint density at radius 2 is 2.19 bits per heavy atom. The van der Waals surface area contributed by atoms with E-state index in [2.05, 4.69) is 14.9 Å². The molecule has 21 heavy (non-hydrogen) atoms. The van der Waals surface area contributed by atoms with Gasteiger partial charge in [0.25, 0.3) is 0 Å². The summed E-state index contributed by atoms with van der Waals surface area (Å²) >= 11 is 0. The number of imidazole rings is 1. The Bertz CT molecular complexity index is 484. The number of aromatic nitrogens is 2. The zero-order chi connectivity index (χ0) is 15.3. The summed E-state index contributed by atoms with van der Waals surface area (Å²) in [6, 6.07) is 0. The van der Waals surface area contributed by atoms with Gasteiger partial charge in [-0.15, -0.1) is 0 Å². The fourth-order valence-corrected chi connectivity index (χ4v) is 3.34. The molecule has 0 bridgehead atoms. The fourth-order valence-electron chi connectivity index (χ4n) is 3.34. The lowest BCUT2D eigenvalue weighted by molar-refractivity contribution is -0.145. The van der Waals surface area contributed by atoms with Crippen molar-refractivity contribution >= 4 is 5.97 Å². The number of rotatable bonds is 8. The largest absolute Gasteiger partial charge is 0.480 e. The Morgan fingerprint density at radius 3 is 2.86 bits per heavy atom. The topological polar surface area (TPSA) is 67.2 Å². The Labute approximate surface area is 126 Å². The summed E-state index contributed by atoms with van der Waals surface area (Å²) in [4.78, 5) is 16.1. The predicted molar refractivity (Wildman–Crippen MR) is 82.4 cm³/mol. The van der Waals surface area contributed by atoms with Crippen LogP contribution in [0.15, 0.2) is 6.33 Å². The Balaban J connectivity index is 1.96. The van der Waals surface area contributed by atoms with E-state index in [0.717, 1.165) is 25.8 Å². The standard InChI is InChI=1S/C16H27N3O2/c1-3-16(15(20)21,18-4-2)10-7-11-19-12-17-13-8-5-6-9-14(13)19/h12,18H,3-11H2,1-2H3,(H,20,21). The van der Waals surface area contributed by atoms with Crippen LogP contribution in [-0.4, -0.2) is 32.7 Å². The van der Waals surface area contributed by atoms with Gasteiger partial charge in [0, 0.05) is 12.2 Å². The van der Waals surface area contributed by atoms with Gasteiger partial charge in [0.15, 0.2) is 0 Å². The van der Waals surface area contributed by atoms with Gasteiger partial charge in [0.2, 0.25) is 0 Å². The number of aliphatic carboxylic acids is 1. The molecule has 118 valence electrons. The molecule has 2 rings (SSSR count). The van der Waals surface area contributed by atoms with E-state index in [1.54, 1.807) is 0 Å². The van der Waals surface area contributed by atoms with Crippen molar-refractivity contribution in [2.75, 3.05) is 6.54 Å². The second-order valence-electron chi connectivity index (χ2n) is 5.91. The lowest BCUT2D eigenvalue weighted by Gasteiger charge is -2.29. The molecule has 0 amide bonds. The smallest absolute Gasteiger partial charge is 0.323 e. The first-order valence-electron chi connectivity index (χ1n) is 8.14. The number of nitrogens with zero attached hydrogens (tertiary/aromatic N) is 2. The molecule has 1 aromatic heterocycles. The monoisotopic (exact) mass is 293 g/mol. The minimum Gasteiger partial charge on any atom is -0.480 e. The van der Waals surface area contributed by atoms with Gasteiger partial charge >= 0.3 is 5.97 Å². The zero-order valence-corrected chi connectivity index (χ0v) is 13.2. The van der Waals surface area contributed by atoms with Crippen LogP contribution < -0.4 is 5.32 Å². The molecule has 1 unspecified atom stereocenters. The highest BCUT2D eigenvalue weighted by atomic mass is 16.4. The zero-order valence-electron chi connectivity index (χ0n) is 13.2. The maximum atomic E-state index is 11.6. The highest BCUT2D eigenvalue weighted by Gasteiger charge is 2.35. The van der Waals surface area contributed by atoms with Gasteiger partial charge in [-0.25, -0.2) is 4.98 Å². The fraction of sp³-hybridized carbons (Fsp3) is 0.750. The van der Waals surface area contributed by atoms with Gasteiger partial charge in [-0.3, -0.25) is 4.79 Å². The minimum atomic E-state index is -0.782. The van der Waals surface area contributed by atoms with E-state index in [0.29, 0.717) is 19.4 Å². The molecule has 0 fully saturated rings. The minimum absolute atomic E-state index is 0.609. The van der Waals surface area contributed by atoms with E-state index in [1.165, 1.54) is 24.2 Å². The van der Waals surface area contributed by atoms with Gasteiger partial charge in [-0.05, 0) is 51.5 Å². The molecule has 0 aromatic carbocycles. The molecule has 5 heteroatoms. The molecule has 0 aliphatic heterocycles. The van der Waals surface area contributed by atoms with E-state index in [4.69, 9.17) is 0 Å². The maximum Gasteiger partial charge on any atom is 0.323 e. The number of hydrogen-bond acceptors (Lipinski definition) is 3. The van der Waals surface area contributed by atoms with E-state index >= 15 is 0 Å². The van der Waals surface area contributed by atoms with Crippen molar-refractivity contribution in [2.45, 2.75) is 70.9 Å². The second kappa shape index (κ2) is 7.07. The number of carbonyl (C=O) groups is 1. The third kappa shape index (κ3) is 3.46. The summed E-state index contributed by atoms with van der Waals surface area (Å²) in [5.41, 5.74) is 1.82. The summed E-state index contributed by atoms with van der Waals surface area (Å²) in [7, 11) is 0. The van der Waals surface area contributed by atoms with Gasteiger partial charge in [-0.2, -0.15) is 0 Å². The molecule has 1 atom stereocenters. The van der Waals surface area contributed by atoms with Crippen LogP contribution >= 0.6 is 0 Å². The molecule has 1 aliphatic carbocycles. The lowest BCUT2D eigenvalue weighted by Crippen LogP contribution is -2.51. The number of carboxylic acids is 1. The summed E-state index contributed by atoms with van der Waals surface area (Å²) in [6.07, 6.45) is 8.73. The molecule has 0 radical (unpaired) electrons. The van der Waals surface area contributed by atoms with Gasteiger partial charge in [-0.1, -0.05) is 13.8 Å². The Morgan fingerprint density at radius 1 is 1.43 bits per heavy atom. The Kier molecular flexibility index (Phi) is 5.39. The van der Waals surface area contributed by atoms with Gasteiger partial charge in [0.05, 0.1) is 12.0 Å². The quantitative estimate of drug-likeness (QED) is 0.772. The van der Waals surface area contributed by atoms with Crippen molar-refractivity contribution in [1.29, 1.82) is 0 Å². The first kappa shape index (κ1) is 16.0. The van der Waals surface area contributed by atoms with Crippen LogP contribution in [0.5, 0.6) is 0 Å². The molecule has 0 saturated carbocycles. The molecular weight excluding hydrogens is 266 g/mol. The lowest BCUT2D eigenvalue weighted by atomic mass is 9.90. The van der Waals surface area contributed by atoms with Crippen LogP contribution in [0.2, 0.25) is 0 Å². The Hall–Kier alpha value is -1.36. The normalized spacial score (nSPS) is 17.2. The van der Waals surface area contributed by atoms with Crippen LogP contribution in [-0.2, 0) is 24.2 Å². The highest BCUT2D eigenvalue weighted by Crippen LogP contribution is 2.22. The number of aryl methyl sites for hydroxylation is 2. The van der Waals surface area contributed by atoms with Gasteiger partial charge in [0.1, 0.15) is 5.54 Å². The van der Waals surface area contributed by atoms with Crippen molar-refractivity contribution < 1.29 is 9.90 Å². The molecule has 2 N–H and O–H groups in total. The third-order valence-electron chi connectivity index (χ3n) is 4.64. The van der Waals surface area contributed by atoms with E-state index in [-0.39, 0.29) is 0 Å². The van der Waals surface area contributed by atoms with E-state index in [1.807, 2.05) is 20.2 Å².